The molecule has 0 N–H and O–H groups in total. The molecule has 64 heavy (non-hydrogen) atoms. The minimum Gasteiger partial charge on any atom is -0.462 e. The maximum Gasteiger partial charge on any atom is 0.306 e. The van der Waals surface area contributed by atoms with Crippen molar-refractivity contribution in [3.05, 3.63) is 72.9 Å². The molecule has 0 spiro atoms. The Hall–Kier alpha value is -2.66. The van der Waals surface area contributed by atoms with Gasteiger partial charge in [0.25, 0.3) is 0 Å². The van der Waals surface area contributed by atoms with E-state index in [-0.39, 0.29) is 25.2 Å². The number of hydrogen-bond donors (Lipinski definition) is 0. The average molecular weight is 893 g/mol. The summed E-state index contributed by atoms with van der Waals surface area (Å²) in [5.41, 5.74) is 0. The van der Waals surface area contributed by atoms with Crippen molar-refractivity contribution in [1.29, 1.82) is 0 Å². The molecule has 370 valence electrons. The second-order valence-corrected chi connectivity index (χ2v) is 18.1. The summed E-state index contributed by atoms with van der Waals surface area (Å²) in [6, 6.07) is 0. The van der Waals surface area contributed by atoms with Crippen LogP contribution in [0.1, 0.15) is 265 Å². The molecule has 0 rings (SSSR count). The van der Waals surface area contributed by atoms with Gasteiger partial charge in [0.1, 0.15) is 6.61 Å². The highest BCUT2D eigenvalue weighted by molar-refractivity contribution is 5.70. The fourth-order valence-corrected chi connectivity index (χ4v) is 7.61. The smallest absolute Gasteiger partial charge is 0.306 e. The zero-order valence-electron chi connectivity index (χ0n) is 42.5. The van der Waals surface area contributed by atoms with Crippen LogP contribution in [-0.4, -0.2) is 37.9 Å². The molecule has 0 radical (unpaired) electrons. The number of ether oxygens (including phenoxy) is 3. The van der Waals surface area contributed by atoms with E-state index in [1.807, 2.05) is 0 Å². The second kappa shape index (κ2) is 54.7. The van der Waals surface area contributed by atoms with Crippen LogP contribution in [0.25, 0.3) is 0 Å². The first-order valence-electron chi connectivity index (χ1n) is 27.5. The third-order valence-corrected chi connectivity index (χ3v) is 11.7. The highest BCUT2D eigenvalue weighted by Crippen LogP contribution is 2.14. The van der Waals surface area contributed by atoms with E-state index in [9.17, 15) is 9.59 Å². The van der Waals surface area contributed by atoms with Crippen molar-refractivity contribution in [2.24, 2.45) is 0 Å². The number of esters is 2. The van der Waals surface area contributed by atoms with Crippen LogP contribution >= 0.6 is 0 Å². The lowest BCUT2D eigenvalue weighted by molar-refractivity contribution is -0.163. The van der Waals surface area contributed by atoms with Crippen LogP contribution in [0.2, 0.25) is 0 Å². The summed E-state index contributed by atoms with van der Waals surface area (Å²) in [6.45, 7) is 7.67. The molecule has 0 aliphatic rings. The van der Waals surface area contributed by atoms with Crippen molar-refractivity contribution in [3.63, 3.8) is 0 Å². The van der Waals surface area contributed by atoms with Gasteiger partial charge in [-0.05, 0) is 109 Å². The van der Waals surface area contributed by atoms with Crippen LogP contribution in [0.4, 0.5) is 0 Å². The van der Waals surface area contributed by atoms with Crippen molar-refractivity contribution in [3.8, 4) is 0 Å². The standard InChI is InChI=1S/C59H104O5/c1-4-7-10-13-16-19-22-25-28-29-30-33-36-39-42-45-48-51-54-62-55-57(64-59(61)53-50-47-44-41-38-35-32-27-24-21-18-15-12-9-6-3)56-63-58(60)52-49-46-43-40-37-34-31-26-23-20-17-14-11-8-5-2/h7,10,16-17,19-20,25-28,31-32,57H,4-6,8-9,11-15,18,21-24,29-30,33-56H2,1-3H3/b10-7-,19-16-,20-17-,28-25-,31-26-,32-27-. The van der Waals surface area contributed by atoms with Crippen molar-refractivity contribution >= 4 is 11.9 Å². The number of hydrogen-bond acceptors (Lipinski definition) is 5. The highest BCUT2D eigenvalue weighted by atomic mass is 16.6. The van der Waals surface area contributed by atoms with E-state index < -0.39 is 6.10 Å². The van der Waals surface area contributed by atoms with Gasteiger partial charge in [-0.3, -0.25) is 9.59 Å². The Morgan fingerprint density at radius 1 is 0.359 bits per heavy atom. The molecular formula is C59H104O5. The van der Waals surface area contributed by atoms with Gasteiger partial charge < -0.3 is 14.2 Å². The summed E-state index contributed by atoms with van der Waals surface area (Å²) in [5.74, 6) is -0.422. The Bertz CT molecular complexity index is 1150. The first-order chi connectivity index (χ1) is 31.6. The molecule has 1 unspecified atom stereocenters. The van der Waals surface area contributed by atoms with Gasteiger partial charge in [-0.15, -0.1) is 0 Å². The minimum absolute atomic E-state index is 0.0704. The van der Waals surface area contributed by atoms with Gasteiger partial charge in [0, 0.05) is 19.4 Å². The summed E-state index contributed by atoms with van der Waals surface area (Å²) >= 11 is 0. The highest BCUT2D eigenvalue weighted by Gasteiger charge is 2.17. The van der Waals surface area contributed by atoms with Gasteiger partial charge in [0.2, 0.25) is 0 Å². The van der Waals surface area contributed by atoms with Crippen LogP contribution < -0.4 is 0 Å². The third kappa shape index (κ3) is 52.0. The molecule has 5 nitrogen and oxygen atoms in total. The fraction of sp³-hybridized carbons (Fsp3) is 0.763. The minimum atomic E-state index is -0.552. The zero-order chi connectivity index (χ0) is 46.3. The van der Waals surface area contributed by atoms with E-state index in [2.05, 4.69) is 93.7 Å². The molecule has 0 aromatic carbocycles. The van der Waals surface area contributed by atoms with Crippen LogP contribution in [0.15, 0.2) is 72.9 Å². The lowest BCUT2D eigenvalue weighted by Gasteiger charge is -2.18. The van der Waals surface area contributed by atoms with Crippen LogP contribution in [0.3, 0.4) is 0 Å². The molecule has 0 fully saturated rings. The topological polar surface area (TPSA) is 61.8 Å². The van der Waals surface area contributed by atoms with Crippen LogP contribution in [0, 0.1) is 0 Å². The average Bonchev–Trinajstić information content (AvgIpc) is 3.30. The summed E-state index contributed by atoms with van der Waals surface area (Å²) in [7, 11) is 0. The normalized spacial score (nSPS) is 12.7. The molecule has 1 atom stereocenters. The molecule has 0 aromatic rings. The van der Waals surface area contributed by atoms with Crippen molar-refractivity contribution in [2.75, 3.05) is 19.8 Å². The number of unbranched alkanes of at least 4 members (excludes halogenated alkanes) is 27. The van der Waals surface area contributed by atoms with Gasteiger partial charge in [0.05, 0.1) is 6.61 Å². The molecule has 0 bridgehead atoms. The largest absolute Gasteiger partial charge is 0.462 e. The third-order valence-electron chi connectivity index (χ3n) is 11.7. The quantitative estimate of drug-likeness (QED) is 0.0346. The Labute approximate surface area is 397 Å². The number of carbonyl (C=O) groups is 2. The monoisotopic (exact) mass is 893 g/mol. The van der Waals surface area contributed by atoms with E-state index >= 15 is 0 Å². The predicted octanol–water partition coefficient (Wildman–Crippen LogP) is 18.7. The van der Waals surface area contributed by atoms with E-state index in [0.717, 1.165) is 89.9 Å². The number of carbonyl (C=O) groups excluding carboxylic acids is 2. The van der Waals surface area contributed by atoms with Gasteiger partial charge >= 0.3 is 11.9 Å². The first kappa shape index (κ1) is 61.3. The summed E-state index contributed by atoms with van der Waals surface area (Å²) in [6.07, 6.45) is 70.5. The molecule has 0 aliphatic heterocycles. The fourth-order valence-electron chi connectivity index (χ4n) is 7.61. The molecule has 5 heteroatoms. The molecular weight excluding hydrogens is 789 g/mol. The van der Waals surface area contributed by atoms with Gasteiger partial charge in [0.15, 0.2) is 6.10 Å². The van der Waals surface area contributed by atoms with E-state index in [1.54, 1.807) is 0 Å². The summed E-state index contributed by atoms with van der Waals surface area (Å²) < 4.78 is 17.4. The van der Waals surface area contributed by atoms with Crippen molar-refractivity contribution in [1.82, 2.24) is 0 Å². The van der Waals surface area contributed by atoms with Crippen molar-refractivity contribution < 1.29 is 23.8 Å². The molecule has 0 amide bonds. The molecule has 0 saturated heterocycles. The van der Waals surface area contributed by atoms with E-state index in [4.69, 9.17) is 14.2 Å². The van der Waals surface area contributed by atoms with Gasteiger partial charge in [-0.1, -0.05) is 216 Å². The molecule has 0 heterocycles. The second-order valence-electron chi connectivity index (χ2n) is 18.1. The van der Waals surface area contributed by atoms with Gasteiger partial charge in [-0.2, -0.15) is 0 Å². The first-order valence-corrected chi connectivity index (χ1v) is 27.5. The summed E-state index contributed by atoms with van der Waals surface area (Å²) in [5, 5.41) is 0. The molecule has 0 aromatic heterocycles. The SMILES string of the molecule is CC/C=C\C/C=C\C/C=C\CCCCCCCCCCOCC(COC(=O)CCCCCCC/C=C\C/C=C\CCCCC)OC(=O)CCCCCCC/C=C\CCCCCCCC. The lowest BCUT2D eigenvalue weighted by Crippen LogP contribution is -2.30. The van der Waals surface area contributed by atoms with Gasteiger partial charge in [-0.25, -0.2) is 0 Å². The lowest BCUT2D eigenvalue weighted by atomic mass is 10.1. The Morgan fingerprint density at radius 3 is 1.17 bits per heavy atom. The van der Waals surface area contributed by atoms with Crippen LogP contribution in [0.5, 0.6) is 0 Å². The molecule has 0 saturated carbocycles. The Kier molecular flexibility index (Phi) is 52.4. The maximum atomic E-state index is 12.8. The number of rotatable bonds is 50. The molecule has 0 aliphatic carbocycles. The predicted molar refractivity (Wildman–Crippen MR) is 279 cm³/mol. The van der Waals surface area contributed by atoms with Crippen LogP contribution in [-0.2, 0) is 23.8 Å². The van der Waals surface area contributed by atoms with E-state index in [1.165, 1.54) is 141 Å². The zero-order valence-corrected chi connectivity index (χ0v) is 42.5. The van der Waals surface area contributed by atoms with Crippen molar-refractivity contribution in [2.45, 2.75) is 271 Å². The Balaban J connectivity index is 4.31. The van der Waals surface area contributed by atoms with E-state index in [0.29, 0.717) is 19.4 Å². The maximum absolute atomic E-state index is 12.8. The summed E-state index contributed by atoms with van der Waals surface area (Å²) in [4.78, 5) is 25.5. The Morgan fingerprint density at radius 2 is 0.703 bits per heavy atom. The number of allylic oxidation sites excluding steroid dienone is 12.